The number of hydrogen-bond donors (Lipinski definition) is 0. The number of hydrazone groups is 2. The zero-order chi connectivity index (χ0) is 49.8. The highest BCUT2D eigenvalue weighted by Gasteiger charge is 2.37. The van der Waals surface area contributed by atoms with Gasteiger partial charge in [-0.05, 0) is 90.0 Å². The van der Waals surface area contributed by atoms with Gasteiger partial charge in [-0.25, -0.2) is 26.4 Å². The molecule has 2 unspecified atom stereocenters. The fourth-order valence-electron chi connectivity index (χ4n) is 10.4. The maximum absolute atomic E-state index is 14.3. The maximum Gasteiger partial charge on any atom is 0.341 e. The highest BCUT2D eigenvalue weighted by atomic mass is 32.2. The molecule has 4 aliphatic rings. The topological polar surface area (TPSA) is 152 Å². The number of carbonyl (C=O) groups is 2. The normalized spacial score (nSPS) is 19.3. The van der Waals surface area contributed by atoms with Crippen molar-refractivity contribution in [2.75, 3.05) is 33.0 Å². The highest BCUT2D eigenvalue weighted by Crippen LogP contribution is 2.41. The molecule has 2 heterocycles. The third-order valence-corrected chi connectivity index (χ3v) is 17.6. The Hall–Kier alpha value is -6.90. The molecule has 10 rings (SSSR count). The van der Waals surface area contributed by atoms with E-state index >= 15 is 0 Å². The quantitative estimate of drug-likeness (QED) is 0.0351. The molecule has 0 N–H and O–H groups in total. The molecule has 2 aliphatic heterocycles. The van der Waals surface area contributed by atoms with Gasteiger partial charge in [-0.2, -0.15) is 10.2 Å². The van der Waals surface area contributed by atoms with Crippen LogP contribution in [0.1, 0.15) is 114 Å². The monoisotopic (exact) mass is 1000 g/mol. The van der Waals surface area contributed by atoms with Gasteiger partial charge in [-0.15, -0.1) is 0 Å². The van der Waals surface area contributed by atoms with Crippen molar-refractivity contribution in [1.82, 2.24) is 0 Å². The second kappa shape index (κ2) is 21.1. The van der Waals surface area contributed by atoms with Crippen molar-refractivity contribution in [3.63, 3.8) is 0 Å². The summed E-state index contributed by atoms with van der Waals surface area (Å²) in [5.41, 5.74) is 10.1. The number of ether oxygens (including phenoxy) is 2. The lowest BCUT2D eigenvalue weighted by Gasteiger charge is -2.26. The van der Waals surface area contributed by atoms with E-state index in [0.29, 0.717) is 37.1 Å². The van der Waals surface area contributed by atoms with E-state index in [4.69, 9.17) is 19.7 Å². The maximum atomic E-state index is 14.3. The average molecular weight is 1000 g/mol. The van der Waals surface area contributed by atoms with Crippen LogP contribution in [0.3, 0.4) is 0 Å². The van der Waals surface area contributed by atoms with Crippen LogP contribution in [0, 0.1) is 0 Å². The van der Waals surface area contributed by atoms with Gasteiger partial charge in [0.25, 0.3) is 0 Å². The Labute approximate surface area is 422 Å². The summed E-state index contributed by atoms with van der Waals surface area (Å²) >= 11 is 0. The second-order valence-electron chi connectivity index (χ2n) is 19.1. The minimum Gasteiger partial charge on any atom is -0.422 e. The third kappa shape index (κ3) is 10.5. The first-order valence-corrected chi connectivity index (χ1v) is 28.8. The van der Waals surface area contributed by atoms with Crippen LogP contribution in [0.4, 0.5) is 11.4 Å². The summed E-state index contributed by atoms with van der Waals surface area (Å²) in [5, 5.41) is 14.0. The zero-order valence-electron chi connectivity index (χ0n) is 40.4. The molecule has 370 valence electrons. The number of nitrogens with zero attached hydrogens (tertiary/aromatic N) is 4. The molecular weight excluding hydrogens is 945 g/mol. The Bertz CT molecular complexity index is 3080. The molecule has 6 aromatic rings. The summed E-state index contributed by atoms with van der Waals surface area (Å²) in [6.07, 6.45) is 7.26. The van der Waals surface area contributed by atoms with Gasteiger partial charge < -0.3 is 9.47 Å². The molecule has 12 nitrogen and oxygen atoms in total. The highest BCUT2D eigenvalue weighted by molar-refractivity contribution is 7.92. The standard InChI is InChI=1S/C58H58N4O8S2/c1-2-3-4-5-6-7-14-27-54(69-57(63)40-28-30-50-52(36-40)46-23-15-17-25-48(46)55(50)59-61(42-19-10-8-11-20-42)44-32-34-71(65,66)38-44)70-58(64)41-29-31-51-53(37-41)47-24-16-18-26-49(47)56(51)60-62(43-21-12-9-13-22-43)45-33-35-72(67,68)39-45/h8-13,15-26,28-31,36-37,44-45,54H,2-7,14,27,32-35,38-39H2,1H3/b59-55+,60-56+. The Morgan fingerprint density at radius 2 is 0.889 bits per heavy atom. The number of sulfone groups is 2. The number of carbonyl (C=O) groups excluding carboxylic acids is 2. The fourth-order valence-corrected chi connectivity index (χ4v) is 13.7. The largest absolute Gasteiger partial charge is 0.422 e. The van der Waals surface area contributed by atoms with E-state index in [2.05, 4.69) is 6.92 Å². The van der Waals surface area contributed by atoms with Gasteiger partial charge in [-0.1, -0.05) is 143 Å². The molecule has 2 atom stereocenters. The van der Waals surface area contributed by atoms with Gasteiger partial charge in [0.2, 0.25) is 6.29 Å². The van der Waals surface area contributed by atoms with E-state index in [-0.39, 0.29) is 46.2 Å². The minimum atomic E-state index is -3.21. The molecule has 0 spiro atoms. The predicted octanol–water partition coefficient (Wildman–Crippen LogP) is 11.0. The van der Waals surface area contributed by atoms with E-state index in [1.165, 1.54) is 6.42 Å². The fraction of sp³-hybridized carbons (Fsp3) is 0.310. The molecule has 0 saturated carbocycles. The molecule has 14 heteroatoms. The molecule has 0 bridgehead atoms. The Morgan fingerprint density at radius 1 is 0.500 bits per heavy atom. The van der Waals surface area contributed by atoms with Crippen LogP contribution in [0.25, 0.3) is 22.3 Å². The van der Waals surface area contributed by atoms with E-state index < -0.39 is 37.9 Å². The lowest BCUT2D eigenvalue weighted by Crippen LogP contribution is -2.33. The molecule has 72 heavy (non-hydrogen) atoms. The van der Waals surface area contributed by atoms with Crippen molar-refractivity contribution in [3.05, 3.63) is 179 Å². The number of rotatable bonds is 18. The second-order valence-corrected chi connectivity index (χ2v) is 23.6. The van der Waals surface area contributed by atoms with Crippen LogP contribution in [0.15, 0.2) is 156 Å². The van der Waals surface area contributed by atoms with Gasteiger partial charge in [0.15, 0.2) is 19.7 Å². The Morgan fingerprint density at radius 3 is 1.31 bits per heavy atom. The summed E-state index contributed by atoms with van der Waals surface area (Å²) in [5.74, 6) is -1.05. The number of fused-ring (bicyclic) bond motifs is 6. The number of benzene rings is 6. The molecular formula is C58H58N4O8S2. The summed E-state index contributed by atoms with van der Waals surface area (Å²) in [4.78, 5) is 28.5. The van der Waals surface area contributed by atoms with E-state index in [0.717, 1.165) is 88.0 Å². The zero-order valence-corrected chi connectivity index (χ0v) is 42.0. The summed E-state index contributed by atoms with van der Waals surface area (Å²) in [6, 6.07) is 44.8. The predicted molar refractivity (Wildman–Crippen MR) is 284 cm³/mol. The molecule has 2 fully saturated rings. The van der Waals surface area contributed by atoms with Crippen LogP contribution >= 0.6 is 0 Å². The van der Waals surface area contributed by atoms with Gasteiger partial charge in [0.05, 0.1) is 69.0 Å². The molecule has 0 radical (unpaired) electrons. The SMILES string of the molecule is CCCCCCCCCC(OC(=O)c1ccc2c(c1)-c1ccccc1/C2=N\N(c1ccccc1)C1CCS(=O)(=O)C1)OC(=O)c1ccc2c(c1)-c1ccccc1/C2=N\N(c1ccccc1)C1CCS(=O)(=O)C1. The summed E-state index contributed by atoms with van der Waals surface area (Å²) < 4.78 is 63.0. The van der Waals surface area contributed by atoms with Crippen molar-refractivity contribution >= 4 is 54.4 Å². The molecule has 2 aliphatic carbocycles. The van der Waals surface area contributed by atoms with Crippen LogP contribution in [0.5, 0.6) is 0 Å². The first-order chi connectivity index (χ1) is 34.9. The van der Waals surface area contributed by atoms with E-state index in [1.807, 2.05) is 131 Å². The van der Waals surface area contributed by atoms with E-state index in [9.17, 15) is 26.4 Å². The molecule has 2 saturated heterocycles. The van der Waals surface area contributed by atoms with Crippen LogP contribution in [-0.2, 0) is 29.1 Å². The van der Waals surface area contributed by atoms with Crippen molar-refractivity contribution < 1.29 is 35.9 Å². The van der Waals surface area contributed by atoms with Crippen LogP contribution in [0.2, 0.25) is 0 Å². The number of para-hydroxylation sites is 2. The van der Waals surface area contributed by atoms with Gasteiger partial charge in [0, 0.05) is 28.7 Å². The summed E-state index contributed by atoms with van der Waals surface area (Å²) in [7, 11) is -6.42. The molecule has 6 aromatic carbocycles. The molecule has 0 amide bonds. The van der Waals surface area contributed by atoms with Gasteiger partial charge in [-0.3, -0.25) is 10.0 Å². The molecule has 0 aromatic heterocycles. The Balaban J connectivity index is 0.921. The lowest BCUT2D eigenvalue weighted by atomic mass is 10.0. The van der Waals surface area contributed by atoms with Gasteiger partial charge in [0.1, 0.15) is 0 Å². The van der Waals surface area contributed by atoms with E-state index in [1.54, 1.807) is 24.3 Å². The number of anilines is 2. The van der Waals surface area contributed by atoms with Gasteiger partial charge >= 0.3 is 11.9 Å². The summed E-state index contributed by atoms with van der Waals surface area (Å²) in [6.45, 7) is 2.19. The van der Waals surface area contributed by atoms with Crippen LogP contribution in [-0.4, -0.2) is 81.6 Å². The Kier molecular flexibility index (Phi) is 14.2. The van der Waals surface area contributed by atoms with Crippen molar-refractivity contribution in [1.29, 1.82) is 0 Å². The average Bonchev–Trinajstić information content (AvgIpc) is 4.13. The van der Waals surface area contributed by atoms with Crippen LogP contribution < -0.4 is 10.0 Å². The number of hydrogen-bond acceptors (Lipinski definition) is 12. The number of unbranched alkanes of at least 4 members (excludes halogenated alkanes) is 6. The number of esters is 2. The lowest BCUT2D eigenvalue weighted by molar-refractivity contribution is -0.0838. The minimum absolute atomic E-state index is 0.00438. The van der Waals surface area contributed by atoms with Crippen molar-refractivity contribution in [2.24, 2.45) is 10.2 Å². The van der Waals surface area contributed by atoms with Crippen molar-refractivity contribution in [2.45, 2.75) is 89.5 Å². The first-order valence-electron chi connectivity index (χ1n) is 25.1. The first kappa shape index (κ1) is 48.7. The smallest absolute Gasteiger partial charge is 0.341 e. The van der Waals surface area contributed by atoms with Crippen molar-refractivity contribution in [3.8, 4) is 22.3 Å². The third-order valence-electron chi connectivity index (χ3n) is 14.1.